The molecule has 0 bridgehead atoms. The van der Waals surface area contributed by atoms with Gasteiger partial charge in [-0.2, -0.15) is 4.31 Å². The van der Waals surface area contributed by atoms with Crippen molar-refractivity contribution in [1.29, 1.82) is 0 Å². The molecule has 0 saturated heterocycles. The van der Waals surface area contributed by atoms with Gasteiger partial charge in [-0.25, -0.2) is 18.2 Å². The number of carbonyl (C=O) groups is 1. The molecule has 1 N–H and O–H groups in total. The number of fused-ring (bicyclic) bond motifs is 1. The van der Waals surface area contributed by atoms with Crippen molar-refractivity contribution >= 4 is 39.1 Å². The first kappa shape index (κ1) is 25.2. The van der Waals surface area contributed by atoms with Gasteiger partial charge in [-0.3, -0.25) is 0 Å². The van der Waals surface area contributed by atoms with Crippen LogP contribution in [0.3, 0.4) is 0 Å². The molecule has 1 aliphatic heterocycles. The highest BCUT2D eigenvalue weighted by atomic mass is 32.2. The smallest absolute Gasteiger partial charge is 0.354 e. The predicted octanol–water partition coefficient (Wildman–Crippen LogP) is 5.50. The van der Waals surface area contributed by atoms with Crippen molar-refractivity contribution in [3.63, 3.8) is 0 Å². The molecule has 3 aromatic rings. The number of hydrogen-bond acceptors (Lipinski definition) is 6. The van der Waals surface area contributed by atoms with Crippen LogP contribution in [0.1, 0.15) is 36.7 Å². The summed E-state index contributed by atoms with van der Waals surface area (Å²) in [5, 5.41) is 9.41. The number of benzene rings is 2. The Labute approximate surface area is 210 Å². The number of anilines is 2. The maximum Gasteiger partial charge on any atom is 0.354 e. The second-order valence-electron chi connectivity index (χ2n) is 8.50. The number of carboxylic acid groups (broad SMARTS) is 1. The van der Waals surface area contributed by atoms with E-state index in [0.29, 0.717) is 23.5 Å². The van der Waals surface area contributed by atoms with E-state index in [0.717, 1.165) is 29.8 Å². The number of hydrogen-bond donors (Lipinski definition) is 1. The van der Waals surface area contributed by atoms with Gasteiger partial charge in [-0.05, 0) is 49.1 Å². The van der Waals surface area contributed by atoms with Gasteiger partial charge in [0.25, 0.3) is 0 Å². The Bertz CT molecular complexity index is 1330. The molecule has 184 valence electrons. The van der Waals surface area contributed by atoms with Crippen LogP contribution in [-0.4, -0.2) is 54.7 Å². The Morgan fingerprint density at radius 3 is 2.54 bits per heavy atom. The van der Waals surface area contributed by atoms with Gasteiger partial charge in [0.1, 0.15) is 10.6 Å². The highest BCUT2D eigenvalue weighted by Crippen LogP contribution is 2.43. The minimum absolute atomic E-state index is 0.0880. The van der Waals surface area contributed by atoms with E-state index in [1.807, 2.05) is 42.7 Å². The van der Waals surface area contributed by atoms with Gasteiger partial charge < -0.3 is 10.0 Å². The van der Waals surface area contributed by atoms with E-state index in [2.05, 4.69) is 16.8 Å². The first-order valence-electron chi connectivity index (χ1n) is 11.5. The number of aromatic carboxylic acids is 1. The van der Waals surface area contributed by atoms with E-state index in [1.54, 1.807) is 25.2 Å². The maximum atomic E-state index is 13.9. The molecule has 9 heteroatoms. The average Bonchev–Trinajstić information content (AvgIpc) is 2.95. The lowest BCUT2D eigenvalue weighted by atomic mass is 10.1. The summed E-state index contributed by atoms with van der Waals surface area (Å²) in [6, 6.07) is 17.9. The van der Waals surface area contributed by atoms with Crippen LogP contribution in [0.5, 0.6) is 0 Å². The monoisotopic (exact) mass is 511 g/mol. The summed E-state index contributed by atoms with van der Waals surface area (Å²) >= 11 is 1.47. The molecule has 0 aliphatic carbocycles. The third-order valence-electron chi connectivity index (χ3n) is 6.34. The Morgan fingerprint density at radius 1 is 1.14 bits per heavy atom. The van der Waals surface area contributed by atoms with Crippen LogP contribution >= 0.6 is 11.8 Å². The van der Waals surface area contributed by atoms with Crippen LogP contribution in [0.25, 0.3) is 11.3 Å². The van der Waals surface area contributed by atoms with Gasteiger partial charge in [-0.1, -0.05) is 44.0 Å². The highest BCUT2D eigenvalue weighted by Gasteiger charge is 2.37. The zero-order chi connectivity index (χ0) is 25.2. The van der Waals surface area contributed by atoms with Crippen molar-refractivity contribution in [1.82, 2.24) is 9.29 Å². The Kier molecular flexibility index (Phi) is 7.49. The number of carboxylic acids is 1. The Hall–Kier alpha value is -2.88. The van der Waals surface area contributed by atoms with E-state index in [1.165, 1.54) is 22.1 Å². The molecule has 7 nitrogen and oxygen atoms in total. The van der Waals surface area contributed by atoms with Gasteiger partial charge in [0.05, 0.1) is 11.4 Å². The summed E-state index contributed by atoms with van der Waals surface area (Å²) in [4.78, 5) is 18.9. The quantitative estimate of drug-likeness (QED) is 0.419. The molecule has 2 aromatic carbocycles. The minimum Gasteiger partial charge on any atom is -0.477 e. The summed E-state index contributed by atoms with van der Waals surface area (Å²) in [7, 11) is -2.17. The van der Waals surface area contributed by atoms with E-state index in [4.69, 9.17) is 0 Å². The highest BCUT2D eigenvalue weighted by molar-refractivity contribution is 7.98. The van der Waals surface area contributed by atoms with Crippen LogP contribution in [-0.2, 0) is 10.0 Å². The molecule has 1 aliphatic rings. The molecule has 1 atom stereocenters. The van der Waals surface area contributed by atoms with Crippen LogP contribution in [0.4, 0.5) is 11.4 Å². The van der Waals surface area contributed by atoms with E-state index in [-0.39, 0.29) is 16.6 Å². The van der Waals surface area contributed by atoms with Gasteiger partial charge in [0.15, 0.2) is 0 Å². The lowest BCUT2D eigenvalue weighted by Crippen LogP contribution is -2.40. The number of para-hydroxylation sites is 1. The van der Waals surface area contributed by atoms with Gasteiger partial charge in [0.2, 0.25) is 10.0 Å². The van der Waals surface area contributed by atoms with Crippen LogP contribution in [0.2, 0.25) is 0 Å². The molecular formula is C26H29N3O4S2. The lowest BCUT2D eigenvalue weighted by Gasteiger charge is -2.29. The second-order valence-corrected chi connectivity index (χ2v) is 11.3. The van der Waals surface area contributed by atoms with E-state index in [9.17, 15) is 18.3 Å². The average molecular weight is 512 g/mol. The molecule has 0 amide bonds. The molecule has 0 fully saturated rings. The fourth-order valence-electron chi connectivity index (χ4n) is 4.38. The molecule has 0 saturated carbocycles. The van der Waals surface area contributed by atoms with Crippen LogP contribution in [0.15, 0.2) is 70.5 Å². The van der Waals surface area contributed by atoms with Crippen LogP contribution < -0.4 is 4.90 Å². The van der Waals surface area contributed by atoms with Gasteiger partial charge >= 0.3 is 5.97 Å². The van der Waals surface area contributed by atoms with Gasteiger partial charge in [-0.15, -0.1) is 11.8 Å². The van der Waals surface area contributed by atoms with Crippen molar-refractivity contribution in [2.45, 2.75) is 42.0 Å². The predicted molar refractivity (Wildman–Crippen MR) is 140 cm³/mol. The number of likely N-dealkylation sites (N-methyl/N-ethyl adjacent to an activating group) is 1. The van der Waals surface area contributed by atoms with Crippen LogP contribution in [0, 0.1) is 0 Å². The Balaban J connectivity index is 1.97. The fraction of sp³-hybridized carbons (Fsp3) is 0.308. The van der Waals surface area contributed by atoms with E-state index < -0.39 is 16.0 Å². The number of pyridine rings is 1. The summed E-state index contributed by atoms with van der Waals surface area (Å²) in [6.45, 7) is 2.64. The molecule has 1 aromatic heterocycles. The topological polar surface area (TPSA) is 90.8 Å². The molecule has 1 unspecified atom stereocenters. The number of unbranched alkanes of at least 4 members (excludes halogenated alkanes) is 1. The zero-order valence-corrected chi connectivity index (χ0v) is 21.6. The molecule has 35 heavy (non-hydrogen) atoms. The molecule has 4 rings (SSSR count). The molecule has 2 heterocycles. The lowest BCUT2D eigenvalue weighted by molar-refractivity contribution is 0.0690. The third-order valence-corrected chi connectivity index (χ3v) is 9.06. The fourth-order valence-corrected chi connectivity index (χ4v) is 6.57. The first-order chi connectivity index (χ1) is 16.8. The minimum atomic E-state index is -3.82. The number of nitrogens with zero attached hydrogens (tertiary/aromatic N) is 3. The van der Waals surface area contributed by atoms with Crippen molar-refractivity contribution < 1.29 is 18.3 Å². The SMILES string of the molecule is CCCCC1CN(c2ccccc2)c2cc(SC)c(-c3cccc(C(=O)O)n3)cc2S(=O)(=O)N1C. The number of thioether (sulfide) groups is 1. The summed E-state index contributed by atoms with van der Waals surface area (Å²) in [5.41, 5.74) is 2.47. The summed E-state index contributed by atoms with van der Waals surface area (Å²) < 4.78 is 29.3. The van der Waals surface area contributed by atoms with Crippen molar-refractivity contribution in [3.8, 4) is 11.3 Å². The summed E-state index contributed by atoms with van der Waals surface area (Å²) in [5.74, 6) is -1.13. The largest absolute Gasteiger partial charge is 0.477 e. The molecule has 0 spiro atoms. The second kappa shape index (κ2) is 10.4. The number of aromatic nitrogens is 1. The van der Waals surface area contributed by atoms with Crippen molar-refractivity contribution in [3.05, 3.63) is 66.4 Å². The standard InChI is InChI=1S/C26H29N3O4S2/c1-4-5-10-19-17-29(18-11-7-6-8-12-18)23-16-24(34-3)20(15-25(23)35(32,33)28(19)2)21-13-9-14-22(27-21)26(30)31/h6-9,11-16,19H,4-5,10,17H2,1-3H3,(H,30,31). The zero-order valence-electron chi connectivity index (χ0n) is 20.0. The Morgan fingerprint density at radius 2 is 1.89 bits per heavy atom. The van der Waals surface area contributed by atoms with E-state index >= 15 is 0 Å². The number of rotatable bonds is 7. The van der Waals surface area contributed by atoms with Crippen molar-refractivity contribution in [2.75, 3.05) is 24.7 Å². The maximum absolute atomic E-state index is 13.9. The molecule has 0 radical (unpaired) electrons. The number of sulfonamides is 1. The molecular weight excluding hydrogens is 482 g/mol. The van der Waals surface area contributed by atoms with Gasteiger partial charge in [0, 0.05) is 35.8 Å². The third kappa shape index (κ3) is 4.94. The normalized spacial score (nSPS) is 17.6. The van der Waals surface area contributed by atoms with Crippen molar-refractivity contribution in [2.24, 2.45) is 0 Å². The summed E-state index contributed by atoms with van der Waals surface area (Å²) in [6.07, 6.45) is 4.58. The first-order valence-corrected chi connectivity index (χ1v) is 14.2.